The molecule has 0 N–H and O–H groups in total. The maximum atomic E-state index is 14.4. The van der Waals surface area contributed by atoms with Crippen LogP contribution >= 0.6 is 11.8 Å². The van der Waals surface area contributed by atoms with E-state index in [0.29, 0.717) is 5.56 Å². The molecule has 1 fully saturated rings. The van der Waals surface area contributed by atoms with E-state index < -0.39 is 47.4 Å². The van der Waals surface area contributed by atoms with E-state index in [2.05, 4.69) is 15.5 Å². The highest BCUT2D eigenvalue weighted by atomic mass is 32.3. The number of rotatable bonds is 7. The molecule has 2 aliphatic rings. The molecular weight excluding hydrogens is 524 g/mol. The average Bonchev–Trinajstić information content (AvgIpc) is 3.22. The topological polar surface area (TPSA) is 167 Å². The van der Waals surface area contributed by atoms with Gasteiger partial charge in [-0.2, -0.15) is 0 Å². The summed E-state index contributed by atoms with van der Waals surface area (Å²) in [5, 5.41) is 21.3. The number of benzene rings is 1. The first kappa shape index (κ1) is 26.9. The van der Waals surface area contributed by atoms with Crippen molar-refractivity contribution in [1.82, 2.24) is 25.1 Å². The molecule has 1 unspecified atom stereocenters. The van der Waals surface area contributed by atoms with Gasteiger partial charge in [0.1, 0.15) is 0 Å². The number of amides is 1. The highest BCUT2D eigenvalue weighted by Gasteiger charge is 2.68. The lowest BCUT2D eigenvalue weighted by atomic mass is 9.84. The van der Waals surface area contributed by atoms with E-state index in [0.717, 1.165) is 16.7 Å². The van der Waals surface area contributed by atoms with Crippen LogP contribution in [-0.4, -0.2) is 72.8 Å². The Balaban J connectivity index is 2.01. The first-order valence-electron chi connectivity index (χ1n) is 11.2. The number of aryl methyl sites for hydroxylation is 1. The third kappa shape index (κ3) is 4.05. The monoisotopic (exact) mass is 550 g/mol. The van der Waals surface area contributed by atoms with Crippen molar-refractivity contribution in [3.8, 4) is 0 Å². The lowest BCUT2D eigenvalue weighted by Crippen LogP contribution is -2.74. The van der Waals surface area contributed by atoms with Gasteiger partial charge < -0.3 is 4.74 Å². The highest BCUT2D eigenvalue weighted by molar-refractivity contribution is 8.15. The molecular formula is C22H26N6O7S2. The van der Waals surface area contributed by atoms with E-state index in [9.17, 15) is 28.1 Å². The second-order valence-electron chi connectivity index (χ2n) is 9.89. The van der Waals surface area contributed by atoms with Crippen LogP contribution in [0.5, 0.6) is 0 Å². The lowest BCUT2D eigenvalue weighted by Gasteiger charge is -2.54. The number of aromatic nitrogens is 4. The van der Waals surface area contributed by atoms with Crippen LogP contribution in [0.3, 0.4) is 0 Å². The van der Waals surface area contributed by atoms with Crippen LogP contribution in [0.25, 0.3) is 0 Å². The number of allylic oxidation sites excluding steroid dienone is 1. The number of fused-ring (bicyclic) bond motifs is 1. The van der Waals surface area contributed by atoms with E-state index in [1.807, 2.05) is 0 Å². The van der Waals surface area contributed by atoms with Crippen molar-refractivity contribution < 1.29 is 27.7 Å². The predicted molar refractivity (Wildman–Crippen MR) is 132 cm³/mol. The molecule has 1 amide bonds. The summed E-state index contributed by atoms with van der Waals surface area (Å²) in [5.41, 5.74) is -0.475. The number of β-lactam (4-membered cyclic amide) rings is 1. The van der Waals surface area contributed by atoms with E-state index in [1.165, 1.54) is 43.0 Å². The number of Topliss-reactive ketones (excluding diaryl/α,β-unsaturated/α-hetero) is 1. The largest absolute Gasteiger partial charge is 0.368 e. The molecule has 2 aliphatic heterocycles. The summed E-state index contributed by atoms with van der Waals surface area (Å²) in [6.07, 6.45) is -1.47. The van der Waals surface area contributed by atoms with Gasteiger partial charge in [-0.3, -0.25) is 24.6 Å². The number of non-ortho nitro benzene ring substituents is 1. The van der Waals surface area contributed by atoms with Crippen molar-refractivity contribution in [3.05, 3.63) is 51.2 Å². The predicted octanol–water partition coefficient (Wildman–Crippen LogP) is 1.65. The number of hydrogen-bond acceptors (Lipinski definition) is 11. The minimum absolute atomic E-state index is 0.00448. The van der Waals surface area contributed by atoms with Crippen molar-refractivity contribution in [3.63, 3.8) is 0 Å². The van der Waals surface area contributed by atoms with Crippen LogP contribution in [0.4, 0.5) is 5.69 Å². The minimum atomic E-state index is -4.31. The molecule has 0 radical (unpaired) electrons. The summed E-state index contributed by atoms with van der Waals surface area (Å²) in [6.45, 7) is 6.57. The fourth-order valence-electron chi connectivity index (χ4n) is 4.46. The number of ketones is 1. The third-order valence-corrected chi connectivity index (χ3v) is 11.2. The van der Waals surface area contributed by atoms with Gasteiger partial charge in [0.15, 0.2) is 31.2 Å². The van der Waals surface area contributed by atoms with Crippen LogP contribution in [0.2, 0.25) is 0 Å². The minimum Gasteiger partial charge on any atom is -0.368 e. The zero-order valence-corrected chi connectivity index (χ0v) is 22.7. The summed E-state index contributed by atoms with van der Waals surface area (Å²) in [6, 6.07) is 5.50. The van der Waals surface area contributed by atoms with E-state index in [1.54, 1.807) is 27.8 Å². The van der Waals surface area contributed by atoms with Gasteiger partial charge in [-0.15, -0.1) is 5.10 Å². The standard InChI is InChI=1S/C22H26N6O7S2/c1-12-15(17(29)21(2,3)4)27-18(30)16(35-6)19(27)37(33,34)22(12,36-20-23-24-25-26(20)5)11-13-7-9-14(10-8-13)28(31)32/h7-10,16,19H,11H2,1-6H3/t16-,19-,22?/m0/s1. The van der Waals surface area contributed by atoms with Crippen molar-refractivity contribution in [1.29, 1.82) is 0 Å². The number of tetrazole rings is 1. The molecule has 0 bridgehead atoms. The normalized spacial score (nSPS) is 25.0. The van der Waals surface area contributed by atoms with Gasteiger partial charge in [0.25, 0.3) is 11.6 Å². The number of nitro groups is 1. The fourth-order valence-corrected chi connectivity index (χ4v) is 8.80. The van der Waals surface area contributed by atoms with Crippen LogP contribution < -0.4 is 0 Å². The molecule has 0 spiro atoms. The lowest BCUT2D eigenvalue weighted by molar-refractivity contribution is -0.384. The third-order valence-electron chi connectivity index (χ3n) is 6.51. The number of sulfone groups is 1. The van der Waals surface area contributed by atoms with Crippen LogP contribution in [0.15, 0.2) is 40.7 Å². The Hall–Kier alpha value is -3.17. The number of carbonyl (C=O) groups excluding carboxylic acids is 2. The second-order valence-corrected chi connectivity index (χ2v) is 13.7. The summed E-state index contributed by atoms with van der Waals surface area (Å²) in [7, 11) is -1.52. The molecule has 1 aromatic heterocycles. The molecule has 37 heavy (non-hydrogen) atoms. The summed E-state index contributed by atoms with van der Waals surface area (Å²) in [4.78, 5) is 38.3. The Morgan fingerprint density at radius 1 is 1.27 bits per heavy atom. The number of nitro benzene ring substituents is 1. The van der Waals surface area contributed by atoms with E-state index >= 15 is 0 Å². The maximum Gasteiger partial charge on any atom is 0.269 e. The van der Waals surface area contributed by atoms with Crippen molar-refractivity contribution >= 4 is 39.0 Å². The number of thioether (sulfide) groups is 1. The van der Waals surface area contributed by atoms with Crippen LogP contribution in [-0.2, 0) is 37.6 Å². The van der Waals surface area contributed by atoms with Gasteiger partial charge in [0.2, 0.25) is 5.16 Å². The molecule has 15 heteroatoms. The van der Waals surface area contributed by atoms with Gasteiger partial charge in [0.05, 0.1) is 10.6 Å². The molecule has 3 atom stereocenters. The maximum absolute atomic E-state index is 14.4. The molecule has 4 rings (SSSR count). The van der Waals surface area contributed by atoms with Gasteiger partial charge in [0, 0.05) is 38.1 Å². The molecule has 1 saturated heterocycles. The zero-order chi connectivity index (χ0) is 27.5. The highest BCUT2D eigenvalue weighted by Crippen LogP contribution is 2.55. The molecule has 1 aromatic carbocycles. The van der Waals surface area contributed by atoms with E-state index in [-0.39, 0.29) is 28.5 Å². The Morgan fingerprint density at radius 2 is 1.89 bits per heavy atom. The Morgan fingerprint density at radius 3 is 2.38 bits per heavy atom. The summed E-state index contributed by atoms with van der Waals surface area (Å²) in [5.74, 6) is -1.02. The Bertz CT molecular complexity index is 1430. The first-order chi connectivity index (χ1) is 17.2. The quantitative estimate of drug-likeness (QED) is 0.279. The SMILES string of the molecule is CO[C@H]1C(=O)N2C(C(=O)C(C)(C)C)=C(C)C(Cc3ccc([N+](=O)[O-])cc3)(Sc3nnnn3C)S(=O)(=O)[C@@H]12. The second kappa shape index (κ2) is 8.99. The Kier molecular flexibility index (Phi) is 6.53. The van der Waals surface area contributed by atoms with Crippen molar-refractivity contribution in [2.45, 2.75) is 54.8 Å². The molecule has 3 heterocycles. The van der Waals surface area contributed by atoms with E-state index in [4.69, 9.17) is 4.74 Å². The van der Waals surface area contributed by atoms with Crippen LogP contribution in [0, 0.1) is 15.5 Å². The van der Waals surface area contributed by atoms with Crippen molar-refractivity contribution in [2.24, 2.45) is 12.5 Å². The van der Waals surface area contributed by atoms with Gasteiger partial charge >= 0.3 is 0 Å². The number of carbonyl (C=O) groups is 2. The molecule has 2 aromatic rings. The van der Waals surface area contributed by atoms with Gasteiger partial charge in [-0.05, 0) is 28.5 Å². The Labute approximate surface area is 217 Å². The van der Waals surface area contributed by atoms with Crippen LogP contribution in [0.1, 0.15) is 33.3 Å². The molecule has 0 saturated carbocycles. The molecule has 13 nitrogen and oxygen atoms in total. The smallest absolute Gasteiger partial charge is 0.269 e. The summed E-state index contributed by atoms with van der Waals surface area (Å²) < 4.78 is 33.6. The molecule has 0 aliphatic carbocycles. The first-order valence-corrected chi connectivity index (χ1v) is 13.5. The fraction of sp³-hybridized carbons (Fsp3) is 0.500. The number of methoxy groups -OCH3 is 1. The number of ether oxygens (including phenoxy) is 1. The van der Waals surface area contributed by atoms with Gasteiger partial charge in [-0.1, -0.05) is 44.7 Å². The van der Waals surface area contributed by atoms with Gasteiger partial charge in [-0.25, -0.2) is 13.1 Å². The van der Waals surface area contributed by atoms with Crippen molar-refractivity contribution in [2.75, 3.05) is 7.11 Å². The average molecular weight is 551 g/mol. The number of nitrogens with zero attached hydrogens (tertiary/aromatic N) is 6. The zero-order valence-electron chi connectivity index (χ0n) is 21.0. The number of hydrogen-bond donors (Lipinski definition) is 0. The summed E-state index contributed by atoms with van der Waals surface area (Å²) >= 11 is 0.852. The molecule has 198 valence electrons.